The van der Waals surface area contributed by atoms with E-state index in [0.717, 1.165) is 6.07 Å². The minimum atomic E-state index is -5.37. The first kappa shape index (κ1) is 17.1. The molecule has 0 aliphatic heterocycles. The lowest BCUT2D eigenvalue weighted by Crippen LogP contribution is -2.25. The number of para-hydroxylation sites is 1. The third kappa shape index (κ3) is 2.68. The van der Waals surface area contributed by atoms with Gasteiger partial charge in [-0.25, -0.2) is 17.6 Å². The van der Waals surface area contributed by atoms with Crippen molar-refractivity contribution in [1.29, 1.82) is 0 Å². The van der Waals surface area contributed by atoms with Crippen molar-refractivity contribution < 1.29 is 30.5 Å². The Labute approximate surface area is 138 Å². The first-order valence-electron chi connectivity index (χ1n) is 6.63. The molecule has 25 heavy (non-hydrogen) atoms. The smallest absolute Gasteiger partial charge is 0.254 e. The zero-order valence-corrected chi connectivity index (χ0v) is 12.9. The number of sulfonamides is 1. The molecule has 0 spiro atoms. The molecule has 4 nitrogen and oxygen atoms in total. The lowest BCUT2D eigenvalue weighted by molar-refractivity contribution is 0.394. The minimum Gasteiger partial charge on any atom is -0.254 e. The number of hydrogen-bond donors (Lipinski definition) is 0. The molecule has 0 radical (unpaired) electrons. The number of rotatable bonds is 3. The van der Waals surface area contributed by atoms with Crippen molar-refractivity contribution in [3.05, 3.63) is 65.9 Å². The Morgan fingerprint density at radius 3 is 2.32 bits per heavy atom. The summed E-state index contributed by atoms with van der Waals surface area (Å²) in [6.45, 7) is 0. The molecule has 0 amide bonds. The van der Waals surface area contributed by atoms with Crippen LogP contribution in [-0.4, -0.2) is 13.4 Å². The molecule has 0 atom stereocenters. The van der Waals surface area contributed by atoms with Gasteiger partial charge in [0, 0.05) is 17.6 Å². The molecule has 3 aromatic rings. The number of nitrogens with zero attached hydrogens (tertiary/aromatic N) is 2. The average Bonchev–Trinajstić information content (AvgIpc) is 2.61. The Hall–Kier alpha value is -2.75. The van der Waals surface area contributed by atoms with Crippen LogP contribution in [0, 0.1) is 23.3 Å². The zero-order valence-electron chi connectivity index (χ0n) is 12.1. The predicted molar refractivity (Wildman–Crippen MR) is 78.8 cm³/mol. The molecule has 0 fully saturated rings. The molecule has 0 bridgehead atoms. The van der Waals surface area contributed by atoms with Gasteiger partial charge in [-0.3, -0.25) is 4.98 Å². The fraction of sp³-hybridized carbons (Fsp3) is 0. The van der Waals surface area contributed by atoms with Crippen LogP contribution in [0.25, 0.3) is 10.9 Å². The molecule has 130 valence electrons. The van der Waals surface area contributed by atoms with Crippen LogP contribution >= 0.6 is 0 Å². The van der Waals surface area contributed by atoms with E-state index in [1.165, 1.54) is 30.5 Å². The standard InChI is InChI=1S/C15H7F5N2O2S/c16-9-7-11(13(18)14(19)12(9)17)25(23,24)22(20)10-5-1-3-8-4-2-6-21-15(8)10/h1-7H. The molecule has 1 heterocycles. The van der Waals surface area contributed by atoms with E-state index in [1.807, 2.05) is 0 Å². The van der Waals surface area contributed by atoms with Gasteiger partial charge in [0.05, 0.1) is 5.52 Å². The van der Waals surface area contributed by atoms with Crippen molar-refractivity contribution >= 4 is 26.6 Å². The molecule has 0 aliphatic rings. The van der Waals surface area contributed by atoms with E-state index < -0.39 is 48.4 Å². The lowest BCUT2D eigenvalue weighted by atomic mass is 10.2. The van der Waals surface area contributed by atoms with E-state index in [2.05, 4.69) is 4.98 Å². The van der Waals surface area contributed by atoms with Crippen molar-refractivity contribution in [2.45, 2.75) is 4.90 Å². The Morgan fingerprint density at radius 1 is 0.920 bits per heavy atom. The molecule has 1 aromatic heterocycles. The van der Waals surface area contributed by atoms with Crippen molar-refractivity contribution in [1.82, 2.24) is 4.98 Å². The minimum absolute atomic E-state index is 0.0838. The Bertz CT molecular complexity index is 1080. The third-order valence-corrected chi connectivity index (χ3v) is 4.83. The van der Waals surface area contributed by atoms with Gasteiger partial charge in [-0.05, 0) is 12.1 Å². The Balaban J connectivity index is 2.21. The van der Waals surface area contributed by atoms with Gasteiger partial charge in [-0.2, -0.15) is 8.42 Å². The summed E-state index contributed by atoms with van der Waals surface area (Å²) in [7, 11) is -5.37. The van der Waals surface area contributed by atoms with Gasteiger partial charge in [-0.1, -0.05) is 27.2 Å². The lowest BCUT2D eigenvalue weighted by Gasteiger charge is -2.16. The summed E-state index contributed by atoms with van der Waals surface area (Å²) in [5, 5.41) is 0.370. The van der Waals surface area contributed by atoms with Gasteiger partial charge in [0.15, 0.2) is 23.3 Å². The van der Waals surface area contributed by atoms with E-state index >= 15 is 0 Å². The molecule has 0 saturated carbocycles. The molecule has 2 aromatic carbocycles. The molecule has 0 aliphatic carbocycles. The van der Waals surface area contributed by atoms with Gasteiger partial charge >= 0.3 is 0 Å². The molecule has 3 rings (SSSR count). The van der Waals surface area contributed by atoms with Gasteiger partial charge in [0.25, 0.3) is 10.0 Å². The van der Waals surface area contributed by atoms with Gasteiger partial charge < -0.3 is 0 Å². The summed E-state index contributed by atoms with van der Waals surface area (Å²) in [4.78, 5) is 2.15. The van der Waals surface area contributed by atoms with Crippen molar-refractivity contribution in [3.63, 3.8) is 0 Å². The second-order valence-electron chi connectivity index (χ2n) is 4.87. The fourth-order valence-electron chi connectivity index (χ4n) is 2.18. The summed E-state index contributed by atoms with van der Waals surface area (Å²) in [5.41, 5.74) is -0.679. The maximum absolute atomic E-state index is 14.6. The monoisotopic (exact) mass is 374 g/mol. The molecule has 0 saturated heterocycles. The molecular formula is C15H7F5N2O2S. The highest BCUT2D eigenvalue weighted by Crippen LogP contribution is 2.32. The van der Waals surface area contributed by atoms with Crippen LogP contribution in [0.15, 0.2) is 47.5 Å². The second-order valence-corrected chi connectivity index (χ2v) is 6.58. The van der Waals surface area contributed by atoms with Crippen molar-refractivity contribution in [3.8, 4) is 0 Å². The van der Waals surface area contributed by atoms with Crippen LogP contribution in [0.3, 0.4) is 0 Å². The van der Waals surface area contributed by atoms with E-state index in [1.54, 1.807) is 0 Å². The fourth-order valence-corrected chi connectivity index (χ4v) is 3.33. The Morgan fingerprint density at radius 2 is 1.60 bits per heavy atom. The molecule has 10 heteroatoms. The van der Waals surface area contributed by atoms with Gasteiger partial charge in [-0.15, -0.1) is 0 Å². The van der Waals surface area contributed by atoms with Crippen LogP contribution in [-0.2, 0) is 10.0 Å². The van der Waals surface area contributed by atoms with Crippen molar-refractivity contribution in [2.75, 3.05) is 4.53 Å². The SMILES string of the molecule is O=S(=O)(c1cc(F)c(F)c(F)c1F)N(F)c1cccc2cccnc12. The van der Waals surface area contributed by atoms with Crippen LogP contribution < -0.4 is 4.53 Å². The molecule has 0 unspecified atom stereocenters. The van der Waals surface area contributed by atoms with E-state index in [0.29, 0.717) is 5.39 Å². The van der Waals surface area contributed by atoms with Crippen LogP contribution in [0.4, 0.5) is 27.7 Å². The number of hydrogen-bond acceptors (Lipinski definition) is 3. The highest BCUT2D eigenvalue weighted by Gasteiger charge is 2.34. The van der Waals surface area contributed by atoms with Gasteiger partial charge in [0.2, 0.25) is 0 Å². The first-order valence-corrected chi connectivity index (χ1v) is 8.07. The van der Waals surface area contributed by atoms with E-state index in [4.69, 9.17) is 0 Å². The van der Waals surface area contributed by atoms with E-state index in [9.17, 15) is 30.5 Å². The largest absolute Gasteiger partial charge is 0.293 e. The normalized spacial score (nSPS) is 11.7. The van der Waals surface area contributed by atoms with Crippen LogP contribution in [0.5, 0.6) is 0 Å². The maximum Gasteiger partial charge on any atom is 0.293 e. The van der Waals surface area contributed by atoms with Crippen molar-refractivity contribution in [2.24, 2.45) is 0 Å². The number of anilines is 1. The third-order valence-electron chi connectivity index (χ3n) is 3.36. The second kappa shape index (κ2) is 5.96. The summed E-state index contributed by atoms with van der Waals surface area (Å²) >= 11 is 0. The zero-order chi connectivity index (χ0) is 18.4. The number of halogens is 5. The number of pyridine rings is 1. The summed E-state index contributed by atoms with van der Waals surface area (Å²) in [5.74, 6) is -8.76. The Kier molecular flexibility index (Phi) is 4.07. The number of aromatic nitrogens is 1. The predicted octanol–water partition coefficient (Wildman–Crippen LogP) is 3.87. The summed E-state index contributed by atoms with van der Waals surface area (Å²) < 4.78 is 91.5. The van der Waals surface area contributed by atoms with Crippen LogP contribution in [0.1, 0.15) is 0 Å². The highest BCUT2D eigenvalue weighted by atomic mass is 32.2. The maximum atomic E-state index is 14.6. The first-order chi connectivity index (χ1) is 11.7. The topological polar surface area (TPSA) is 50.3 Å². The van der Waals surface area contributed by atoms with Gasteiger partial charge in [0.1, 0.15) is 10.6 Å². The summed E-state index contributed by atoms with van der Waals surface area (Å²) in [6, 6.07) is 6.76. The molecule has 0 N–H and O–H groups in total. The quantitative estimate of drug-likeness (QED) is 0.303. The number of fused-ring (bicyclic) bond motifs is 1. The average molecular weight is 374 g/mol. The van der Waals surface area contributed by atoms with E-state index in [-0.39, 0.29) is 11.6 Å². The number of benzene rings is 2. The summed E-state index contributed by atoms with van der Waals surface area (Å²) in [6.07, 6.45) is 1.27. The molecular weight excluding hydrogens is 367 g/mol. The highest BCUT2D eigenvalue weighted by molar-refractivity contribution is 7.92. The van der Waals surface area contributed by atoms with Crippen LogP contribution in [0.2, 0.25) is 0 Å².